The molecule has 8 nitrogen and oxygen atoms in total. The number of anilines is 1. The Morgan fingerprint density at radius 2 is 2.00 bits per heavy atom. The third-order valence-corrected chi connectivity index (χ3v) is 5.32. The number of fused-ring (bicyclic) bond motifs is 1. The zero-order chi connectivity index (χ0) is 24.3. The summed E-state index contributed by atoms with van der Waals surface area (Å²) < 4.78 is 29.6. The largest absolute Gasteiger partial charge is 0.387 e. The first kappa shape index (κ1) is 24.1. The second kappa shape index (κ2) is 9.50. The van der Waals surface area contributed by atoms with E-state index in [1.165, 1.54) is 33.2 Å². The fourth-order valence-corrected chi connectivity index (χ4v) is 3.03. The predicted octanol–water partition coefficient (Wildman–Crippen LogP) is 3.29. The summed E-state index contributed by atoms with van der Waals surface area (Å²) in [4.78, 5) is 21.4. The van der Waals surface area contributed by atoms with Crippen molar-refractivity contribution in [3.63, 3.8) is 0 Å². The highest BCUT2D eigenvalue weighted by atomic mass is 19.1. The molecule has 0 fully saturated rings. The van der Waals surface area contributed by atoms with Crippen LogP contribution < -0.4 is 10.6 Å². The van der Waals surface area contributed by atoms with E-state index in [1.807, 2.05) is 6.07 Å². The summed E-state index contributed by atoms with van der Waals surface area (Å²) in [5, 5.41) is 25.0. The smallest absolute Gasteiger partial charge is 0.255 e. The lowest BCUT2D eigenvalue weighted by molar-refractivity contribution is -0.00177. The van der Waals surface area contributed by atoms with Crippen LogP contribution in [0.2, 0.25) is 0 Å². The first-order chi connectivity index (χ1) is 15.5. The molecule has 0 aromatic carbocycles. The Morgan fingerprint density at radius 3 is 2.64 bits per heavy atom. The van der Waals surface area contributed by atoms with Crippen LogP contribution in [0.15, 0.2) is 36.8 Å². The van der Waals surface area contributed by atoms with E-state index in [0.717, 1.165) is 5.39 Å². The maximum Gasteiger partial charge on any atom is 0.255 e. The van der Waals surface area contributed by atoms with Gasteiger partial charge in [0.25, 0.3) is 5.91 Å². The standard InChI is InChI=1S/C23H26F2N6O2/c1-13(24)14(2)30-18-8-20(31-6-5-16-7-15(9-26)10-28-21(16)31)27-11-17(18)22(32)29-12-19(25)23(3,4)33/h5-8,10-11,13-14,19,33H,12H2,1-4H3,(H,27,30)(H,29,32)/t13?,14-,19+/m0/s1. The van der Waals surface area contributed by atoms with Gasteiger partial charge in [-0.3, -0.25) is 9.36 Å². The highest BCUT2D eigenvalue weighted by molar-refractivity contribution is 5.99. The van der Waals surface area contributed by atoms with E-state index in [1.54, 1.807) is 35.9 Å². The van der Waals surface area contributed by atoms with E-state index >= 15 is 0 Å². The van der Waals surface area contributed by atoms with Crippen LogP contribution in [0, 0.1) is 11.3 Å². The molecule has 0 aliphatic heterocycles. The van der Waals surface area contributed by atoms with Crippen LogP contribution in [-0.2, 0) is 0 Å². The minimum atomic E-state index is -1.68. The van der Waals surface area contributed by atoms with Gasteiger partial charge in [0, 0.05) is 30.0 Å². The molecule has 0 bridgehead atoms. The zero-order valence-corrected chi connectivity index (χ0v) is 18.8. The van der Waals surface area contributed by atoms with Crippen molar-refractivity contribution < 1.29 is 18.7 Å². The van der Waals surface area contributed by atoms with Gasteiger partial charge in [0.2, 0.25) is 0 Å². The maximum atomic E-state index is 14.1. The highest BCUT2D eigenvalue weighted by Crippen LogP contribution is 2.24. The molecule has 3 aromatic heterocycles. The highest BCUT2D eigenvalue weighted by Gasteiger charge is 2.27. The van der Waals surface area contributed by atoms with Crippen LogP contribution >= 0.6 is 0 Å². The summed E-state index contributed by atoms with van der Waals surface area (Å²) in [7, 11) is 0. The molecule has 0 saturated carbocycles. The van der Waals surface area contributed by atoms with Crippen molar-refractivity contribution in [1.29, 1.82) is 5.26 Å². The van der Waals surface area contributed by atoms with Crippen LogP contribution in [0.4, 0.5) is 14.5 Å². The number of pyridine rings is 2. The molecule has 0 radical (unpaired) electrons. The normalized spacial score (nSPS) is 14.4. The second-order valence-electron chi connectivity index (χ2n) is 8.46. The average molecular weight is 456 g/mol. The lowest BCUT2D eigenvalue weighted by Crippen LogP contribution is -2.42. The Labute approximate surface area is 190 Å². The van der Waals surface area contributed by atoms with Gasteiger partial charge in [0.15, 0.2) is 0 Å². The lowest BCUT2D eigenvalue weighted by Gasteiger charge is -2.23. The van der Waals surface area contributed by atoms with Crippen LogP contribution in [0.3, 0.4) is 0 Å². The zero-order valence-electron chi connectivity index (χ0n) is 18.8. The number of alkyl halides is 2. The van der Waals surface area contributed by atoms with Gasteiger partial charge in [0.05, 0.1) is 35.0 Å². The van der Waals surface area contributed by atoms with Crippen molar-refractivity contribution >= 4 is 22.6 Å². The third-order valence-electron chi connectivity index (χ3n) is 5.32. The fraction of sp³-hybridized carbons (Fsp3) is 0.391. The fourth-order valence-electron chi connectivity index (χ4n) is 3.03. The summed E-state index contributed by atoms with van der Waals surface area (Å²) in [6.07, 6.45) is 1.60. The van der Waals surface area contributed by atoms with E-state index < -0.39 is 36.4 Å². The number of aliphatic hydroxyl groups is 1. The van der Waals surface area contributed by atoms with Gasteiger partial charge in [0.1, 0.15) is 29.9 Å². The summed E-state index contributed by atoms with van der Waals surface area (Å²) in [5.41, 5.74) is -0.218. The molecular weight excluding hydrogens is 430 g/mol. The number of hydrogen-bond acceptors (Lipinski definition) is 6. The van der Waals surface area contributed by atoms with Gasteiger partial charge in [-0.25, -0.2) is 18.7 Å². The Morgan fingerprint density at radius 1 is 1.27 bits per heavy atom. The summed E-state index contributed by atoms with van der Waals surface area (Å²) in [6, 6.07) is 6.48. The molecule has 3 aromatic rings. The number of aromatic nitrogens is 3. The molecule has 0 aliphatic carbocycles. The van der Waals surface area contributed by atoms with Gasteiger partial charge >= 0.3 is 0 Å². The molecule has 3 rings (SSSR count). The quantitative estimate of drug-likeness (QED) is 0.479. The topological polar surface area (TPSA) is 116 Å². The Bertz CT molecular complexity index is 1200. The minimum Gasteiger partial charge on any atom is -0.387 e. The number of halogens is 2. The molecule has 3 heterocycles. The number of carbonyl (C=O) groups is 1. The average Bonchev–Trinajstić information content (AvgIpc) is 3.19. The SMILES string of the molecule is CC(F)[C@H](C)Nc1cc(-n2ccc3cc(C#N)cnc32)ncc1C(=O)NC[C@@H](F)C(C)(C)O. The van der Waals surface area contributed by atoms with Crippen LogP contribution in [0.25, 0.3) is 16.9 Å². The monoisotopic (exact) mass is 456 g/mol. The van der Waals surface area contributed by atoms with Crippen molar-refractivity contribution in [2.75, 3.05) is 11.9 Å². The van der Waals surface area contributed by atoms with Gasteiger partial charge in [-0.1, -0.05) is 0 Å². The first-order valence-corrected chi connectivity index (χ1v) is 10.4. The van der Waals surface area contributed by atoms with Gasteiger partial charge in [-0.2, -0.15) is 5.26 Å². The van der Waals surface area contributed by atoms with E-state index in [2.05, 4.69) is 20.6 Å². The van der Waals surface area contributed by atoms with E-state index in [0.29, 0.717) is 22.7 Å². The molecule has 0 spiro atoms. The van der Waals surface area contributed by atoms with Crippen LogP contribution in [0.1, 0.15) is 43.6 Å². The maximum absolute atomic E-state index is 14.1. The van der Waals surface area contributed by atoms with Crippen molar-refractivity contribution in [2.45, 2.75) is 51.7 Å². The molecule has 3 N–H and O–H groups in total. The van der Waals surface area contributed by atoms with Gasteiger partial charge < -0.3 is 15.7 Å². The minimum absolute atomic E-state index is 0.102. The van der Waals surface area contributed by atoms with Crippen LogP contribution in [-0.4, -0.2) is 56.1 Å². The number of nitriles is 1. The number of rotatable bonds is 8. The molecule has 0 saturated heterocycles. The summed E-state index contributed by atoms with van der Waals surface area (Å²) in [6.45, 7) is 5.26. The molecule has 3 atom stereocenters. The number of amides is 1. The number of hydrogen-bond donors (Lipinski definition) is 3. The molecule has 174 valence electrons. The molecule has 0 aliphatic rings. The Hall–Kier alpha value is -3.58. The number of nitrogens with zero attached hydrogens (tertiary/aromatic N) is 4. The predicted molar refractivity (Wildman–Crippen MR) is 121 cm³/mol. The van der Waals surface area contributed by atoms with Gasteiger partial charge in [-0.05, 0) is 39.8 Å². The summed E-state index contributed by atoms with van der Waals surface area (Å²) >= 11 is 0. The Kier molecular flexibility index (Phi) is 6.93. The lowest BCUT2D eigenvalue weighted by atomic mass is 10.0. The molecule has 10 heteroatoms. The van der Waals surface area contributed by atoms with Crippen molar-refractivity contribution in [2.24, 2.45) is 0 Å². The second-order valence-corrected chi connectivity index (χ2v) is 8.46. The Balaban J connectivity index is 1.97. The van der Waals surface area contributed by atoms with Crippen molar-refractivity contribution in [1.82, 2.24) is 19.9 Å². The van der Waals surface area contributed by atoms with E-state index in [-0.39, 0.29) is 5.56 Å². The molecule has 1 unspecified atom stereocenters. The van der Waals surface area contributed by atoms with Crippen molar-refractivity contribution in [3.8, 4) is 11.9 Å². The van der Waals surface area contributed by atoms with E-state index in [9.17, 15) is 18.7 Å². The van der Waals surface area contributed by atoms with Crippen LogP contribution in [0.5, 0.6) is 0 Å². The van der Waals surface area contributed by atoms with E-state index in [4.69, 9.17) is 5.26 Å². The molecule has 33 heavy (non-hydrogen) atoms. The number of carbonyl (C=O) groups excluding carboxylic acids is 1. The van der Waals surface area contributed by atoms with Gasteiger partial charge in [-0.15, -0.1) is 0 Å². The summed E-state index contributed by atoms with van der Waals surface area (Å²) in [5.74, 6) is -0.198. The first-order valence-electron chi connectivity index (χ1n) is 10.4. The van der Waals surface area contributed by atoms with Crippen molar-refractivity contribution in [3.05, 3.63) is 47.9 Å². The molecular formula is C23H26F2N6O2. The third kappa shape index (κ3) is 5.43. The number of nitrogens with one attached hydrogen (secondary N) is 2. The molecule has 1 amide bonds.